The summed E-state index contributed by atoms with van der Waals surface area (Å²) in [6.45, 7) is 4.53. The van der Waals surface area contributed by atoms with Crippen molar-refractivity contribution >= 4 is 5.78 Å². The van der Waals surface area contributed by atoms with E-state index in [0.29, 0.717) is 6.42 Å². The third-order valence-electron chi connectivity index (χ3n) is 1.87. The Bertz CT molecular complexity index is 171. The molecule has 3 nitrogen and oxygen atoms in total. The van der Waals surface area contributed by atoms with E-state index in [1.165, 1.54) is 0 Å². The Labute approximate surface area is 67.1 Å². The molecule has 1 atom stereocenters. The van der Waals surface area contributed by atoms with Crippen molar-refractivity contribution in [3.63, 3.8) is 0 Å². The first-order valence-electron chi connectivity index (χ1n) is 3.74. The zero-order chi connectivity index (χ0) is 8.43. The van der Waals surface area contributed by atoms with Crippen molar-refractivity contribution in [3.8, 4) is 0 Å². The number of carbonyl (C=O) groups excluding carboxylic acids is 1. The molecule has 0 bridgehead atoms. The van der Waals surface area contributed by atoms with Gasteiger partial charge >= 0.3 is 0 Å². The number of carbonyl (C=O) groups is 1. The van der Waals surface area contributed by atoms with Gasteiger partial charge in [0.1, 0.15) is 6.04 Å². The number of hydrogen-bond donors (Lipinski definition) is 1. The summed E-state index contributed by atoms with van der Waals surface area (Å²) < 4.78 is 0. The average molecular weight is 154 g/mol. The predicted molar refractivity (Wildman–Crippen MR) is 44.2 cm³/mol. The molecule has 0 saturated carbocycles. The monoisotopic (exact) mass is 154 g/mol. The second-order valence-electron chi connectivity index (χ2n) is 3.03. The summed E-state index contributed by atoms with van der Waals surface area (Å²) in [4.78, 5) is 13.2. The molecule has 1 aliphatic heterocycles. The fourth-order valence-electron chi connectivity index (χ4n) is 1.37. The number of rotatable bonds is 1. The predicted octanol–water partition coefficient (Wildman–Crippen LogP) is -0.00730. The van der Waals surface area contributed by atoms with Crippen LogP contribution < -0.4 is 5.32 Å². The van der Waals surface area contributed by atoms with Gasteiger partial charge < -0.3 is 5.32 Å². The van der Waals surface area contributed by atoms with E-state index in [2.05, 4.69) is 11.9 Å². The van der Waals surface area contributed by atoms with E-state index in [0.717, 1.165) is 12.2 Å². The second kappa shape index (κ2) is 3.05. The van der Waals surface area contributed by atoms with Crippen molar-refractivity contribution in [2.75, 3.05) is 20.6 Å². The Hall–Kier alpha value is -0.830. The van der Waals surface area contributed by atoms with Crippen molar-refractivity contribution in [2.24, 2.45) is 0 Å². The van der Waals surface area contributed by atoms with E-state index in [1.807, 2.05) is 19.0 Å². The van der Waals surface area contributed by atoms with Crippen LogP contribution in [0.2, 0.25) is 0 Å². The van der Waals surface area contributed by atoms with Gasteiger partial charge in [-0.25, -0.2) is 0 Å². The standard InChI is InChI=1S/C8H14N2O/c1-6-8(10(2)3)7(11)4-5-9-6/h8-9H,1,4-5H2,2-3H3. The Morgan fingerprint density at radius 3 is 2.64 bits per heavy atom. The van der Waals surface area contributed by atoms with Crippen LogP contribution in [-0.2, 0) is 4.79 Å². The molecule has 0 spiro atoms. The molecule has 0 aromatic rings. The number of nitrogens with one attached hydrogen (secondary N) is 1. The lowest BCUT2D eigenvalue weighted by Crippen LogP contribution is -2.46. The molecule has 1 aliphatic rings. The average Bonchev–Trinajstić information content (AvgIpc) is 1.85. The molecule has 62 valence electrons. The lowest BCUT2D eigenvalue weighted by atomic mass is 10.0. The third kappa shape index (κ3) is 1.60. The van der Waals surface area contributed by atoms with E-state index < -0.39 is 0 Å². The molecule has 1 fully saturated rings. The second-order valence-corrected chi connectivity index (χ2v) is 3.03. The summed E-state index contributed by atoms with van der Waals surface area (Å²) in [5, 5.41) is 3.09. The van der Waals surface area contributed by atoms with Crippen molar-refractivity contribution in [1.82, 2.24) is 10.2 Å². The molecular weight excluding hydrogens is 140 g/mol. The number of piperidine rings is 1. The Balaban J connectivity index is 2.71. The lowest BCUT2D eigenvalue weighted by Gasteiger charge is -2.29. The normalized spacial score (nSPS) is 25.5. The summed E-state index contributed by atoms with van der Waals surface area (Å²) >= 11 is 0. The highest BCUT2D eigenvalue weighted by molar-refractivity contribution is 5.87. The van der Waals surface area contributed by atoms with Crippen molar-refractivity contribution in [2.45, 2.75) is 12.5 Å². The maximum atomic E-state index is 11.3. The van der Waals surface area contributed by atoms with Crippen LogP contribution in [0.4, 0.5) is 0 Å². The van der Waals surface area contributed by atoms with E-state index in [-0.39, 0.29) is 11.8 Å². The van der Waals surface area contributed by atoms with Gasteiger partial charge in [0.2, 0.25) is 0 Å². The van der Waals surface area contributed by atoms with Crippen molar-refractivity contribution in [1.29, 1.82) is 0 Å². The number of Topliss-reactive ketones (excluding diaryl/α,β-unsaturated/α-hetero) is 1. The summed E-state index contributed by atoms with van der Waals surface area (Å²) in [6, 6.07) is -0.122. The van der Waals surface area contributed by atoms with Crippen molar-refractivity contribution in [3.05, 3.63) is 12.3 Å². The maximum absolute atomic E-state index is 11.3. The first-order chi connectivity index (χ1) is 5.13. The molecule has 0 aliphatic carbocycles. The van der Waals surface area contributed by atoms with Crippen LogP contribution in [0, 0.1) is 0 Å². The van der Waals surface area contributed by atoms with Crippen molar-refractivity contribution < 1.29 is 4.79 Å². The van der Waals surface area contributed by atoms with Gasteiger partial charge in [-0.3, -0.25) is 9.69 Å². The van der Waals surface area contributed by atoms with E-state index in [9.17, 15) is 4.79 Å². The van der Waals surface area contributed by atoms with Gasteiger partial charge in [-0.2, -0.15) is 0 Å². The summed E-state index contributed by atoms with van der Waals surface area (Å²) in [7, 11) is 3.78. The molecule has 11 heavy (non-hydrogen) atoms. The van der Waals surface area contributed by atoms with Gasteiger partial charge in [0.05, 0.1) is 0 Å². The maximum Gasteiger partial charge on any atom is 0.157 e. The van der Waals surface area contributed by atoms with Crippen LogP contribution in [0.5, 0.6) is 0 Å². The number of ketones is 1. The molecule has 1 rings (SSSR count). The smallest absolute Gasteiger partial charge is 0.157 e. The summed E-state index contributed by atoms with van der Waals surface area (Å²) in [5.74, 6) is 0.263. The zero-order valence-corrected chi connectivity index (χ0v) is 7.05. The Morgan fingerprint density at radius 1 is 1.64 bits per heavy atom. The van der Waals surface area contributed by atoms with Gasteiger partial charge in [0, 0.05) is 18.7 Å². The minimum absolute atomic E-state index is 0.122. The molecule has 0 amide bonds. The van der Waals surface area contributed by atoms with E-state index >= 15 is 0 Å². The molecule has 1 heterocycles. The number of likely N-dealkylation sites (N-methyl/N-ethyl adjacent to an activating group) is 1. The summed E-state index contributed by atoms with van der Waals surface area (Å²) in [6.07, 6.45) is 0.613. The number of nitrogens with zero attached hydrogens (tertiary/aromatic N) is 1. The van der Waals surface area contributed by atoms with Gasteiger partial charge in [0.25, 0.3) is 0 Å². The Morgan fingerprint density at radius 2 is 2.27 bits per heavy atom. The van der Waals surface area contributed by atoms with Crippen LogP contribution in [0.1, 0.15) is 6.42 Å². The Kier molecular flexibility index (Phi) is 2.29. The van der Waals surface area contributed by atoms with Crippen LogP contribution in [0.15, 0.2) is 12.3 Å². The molecule has 0 aromatic heterocycles. The van der Waals surface area contributed by atoms with Crippen LogP contribution in [0.25, 0.3) is 0 Å². The first kappa shape index (κ1) is 8.27. The highest BCUT2D eigenvalue weighted by Gasteiger charge is 2.26. The van der Waals surface area contributed by atoms with Gasteiger partial charge in [0.15, 0.2) is 5.78 Å². The zero-order valence-electron chi connectivity index (χ0n) is 7.05. The van der Waals surface area contributed by atoms with Crippen LogP contribution in [0.3, 0.4) is 0 Å². The molecule has 1 saturated heterocycles. The van der Waals surface area contributed by atoms with Crippen LogP contribution >= 0.6 is 0 Å². The van der Waals surface area contributed by atoms with E-state index in [4.69, 9.17) is 0 Å². The molecule has 0 aromatic carbocycles. The fourth-order valence-corrected chi connectivity index (χ4v) is 1.37. The quantitative estimate of drug-likeness (QED) is 0.576. The minimum Gasteiger partial charge on any atom is -0.387 e. The van der Waals surface area contributed by atoms with Gasteiger partial charge in [-0.05, 0) is 14.1 Å². The molecule has 1 unspecified atom stereocenters. The first-order valence-corrected chi connectivity index (χ1v) is 3.74. The van der Waals surface area contributed by atoms with Crippen LogP contribution in [-0.4, -0.2) is 37.4 Å². The summed E-state index contributed by atoms with van der Waals surface area (Å²) in [5.41, 5.74) is 0.825. The topological polar surface area (TPSA) is 32.3 Å². The highest BCUT2D eigenvalue weighted by Crippen LogP contribution is 2.10. The SMILES string of the molecule is C=C1NCCC(=O)C1N(C)C. The molecular formula is C8H14N2O. The molecule has 1 N–H and O–H groups in total. The minimum atomic E-state index is -0.122. The highest BCUT2D eigenvalue weighted by atomic mass is 16.1. The third-order valence-corrected chi connectivity index (χ3v) is 1.87. The fraction of sp³-hybridized carbons (Fsp3) is 0.625. The van der Waals surface area contributed by atoms with Gasteiger partial charge in [-0.15, -0.1) is 0 Å². The number of hydrogen-bond acceptors (Lipinski definition) is 3. The van der Waals surface area contributed by atoms with E-state index in [1.54, 1.807) is 0 Å². The molecule has 0 radical (unpaired) electrons. The van der Waals surface area contributed by atoms with Gasteiger partial charge in [-0.1, -0.05) is 6.58 Å². The molecule has 3 heteroatoms. The lowest BCUT2D eigenvalue weighted by molar-refractivity contribution is -0.123. The largest absolute Gasteiger partial charge is 0.387 e.